The number of nitrogens with zero attached hydrogens (tertiary/aromatic N) is 1. The standard InChI is InChI=1S/C14H19NO/c1-9(2)15-8-12-7-14(16-5)10(3)6-13(12)11(15)4/h6-7,9H,4,8H2,1-3,5H3. The SMILES string of the molecule is C=C1c2cc(C)c(OC)cc2CN1C(C)C. The normalized spacial score (nSPS) is 14.6. The first-order chi connectivity index (χ1) is 7.54. The summed E-state index contributed by atoms with van der Waals surface area (Å²) in [5.41, 5.74) is 4.90. The van der Waals surface area contributed by atoms with Crippen LogP contribution in [0, 0.1) is 6.92 Å². The van der Waals surface area contributed by atoms with Crippen LogP contribution < -0.4 is 4.74 Å². The molecule has 0 aliphatic carbocycles. The first kappa shape index (κ1) is 11.1. The van der Waals surface area contributed by atoms with Gasteiger partial charge in [-0.25, -0.2) is 0 Å². The number of hydrogen-bond acceptors (Lipinski definition) is 2. The fourth-order valence-corrected chi connectivity index (χ4v) is 2.28. The fourth-order valence-electron chi connectivity index (χ4n) is 2.28. The summed E-state index contributed by atoms with van der Waals surface area (Å²) in [5, 5.41) is 0. The summed E-state index contributed by atoms with van der Waals surface area (Å²) in [7, 11) is 1.72. The van der Waals surface area contributed by atoms with E-state index in [1.165, 1.54) is 16.7 Å². The number of methoxy groups -OCH3 is 1. The van der Waals surface area contributed by atoms with Crippen LogP contribution in [0.4, 0.5) is 0 Å². The molecule has 1 heterocycles. The van der Waals surface area contributed by atoms with Gasteiger partial charge >= 0.3 is 0 Å². The van der Waals surface area contributed by atoms with Gasteiger partial charge in [0.1, 0.15) is 5.75 Å². The molecule has 0 bridgehead atoms. The van der Waals surface area contributed by atoms with Gasteiger partial charge in [0, 0.05) is 23.8 Å². The van der Waals surface area contributed by atoms with Crippen molar-refractivity contribution in [1.82, 2.24) is 4.90 Å². The first-order valence-electron chi connectivity index (χ1n) is 5.68. The second-order valence-electron chi connectivity index (χ2n) is 4.65. The quantitative estimate of drug-likeness (QED) is 0.754. The van der Waals surface area contributed by atoms with Crippen molar-refractivity contribution in [3.05, 3.63) is 35.4 Å². The topological polar surface area (TPSA) is 12.5 Å². The molecule has 16 heavy (non-hydrogen) atoms. The van der Waals surface area contributed by atoms with Crippen LogP contribution in [0.15, 0.2) is 18.7 Å². The summed E-state index contributed by atoms with van der Waals surface area (Å²) in [6.45, 7) is 11.6. The average Bonchev–Trinajstić information content (AvgIpc) is 2.55. The third kappa shape index (κ3) is 1.58. The lowest BCUT2D eigenvalue weighted by molar-refractivity contribution is 0.338. The molecule has 1 aliphatic heterocycles. The van der Waals surface area contributed by atoms with Gasteiger partial charge in [-0.2, -0.15) is 0 Å². The van der Waals surface area contributed by atoms with E-state index in [-0.39, 0.29) is 0 Å². The number of rotatable bonds is 2. The van der Waals surface area contributed by atoms with Crippen molar-refractivity contribution in [2.45, 2.75) is 33.4 Å². The Balaban J connectivity index is 2.44. The van der Waals surface area contributed by atoms with E-state index < -0.39 is 0 Å². The van der Waals surface area contributed by atoms with Crippen LogP contribution >= 0.6 is 0 Å². The third-order valence-corrected chi connectivity index (χ3v) is 3.24. The van der Waals surface area contributed by atoms with Crippen LogP contribution in [0.25, 0.3) is 5.70 Å². The number of fused-ring (bicyclic) bond motifs is 1. The highest BCUT2D eigenvalue weighted by Crippen LogP contribution is 2.36. The maximum atomic E-state index is 5.35. The van der Waals surface area contributed by atoms with Crippen molar-refractivity contribution in [3.8, 4) is 5.75 Å². The lowest BCUT2D eigenvalue weighted by Gasteiger charge is -2.23. The molecular weight excluding hydrogens is 198 g/mol. The molecule has 2 rings (SSSR count). The van der Waals surface area contributed by atoms with Gasteiger partial charge < -0.3 is 9.64 Å². The van der Waals surface area contributed by atoms with Gasteiger partial charge in [0.25, 0.3) is 0 Å². The molecule has 0 spiro atoms. The van der Waals surface area contributed by atoms with E-state index in [4.69, 9.17) is 4.74 Å². The molecule has 0 atom stereocenters. The van der Waals surface area contributed by atoms with Gasteiger partial charge in [-0.05, 0) is 44.0 Å². The minimum atomic E-state index is 0.492. The van der Waals surface area contributed by atoms with Crippen molar-refractivity contribution in [2.75, 3.05) is 7.11 Å². The third-order valence-electron chi connectivity index (χ3n) is 3.24. The molecule has 1 aliphatic rings. The Morgan fingerprint density at radius 1 is 1.38 bits per heavy atom. The average molecular weight is 217 g/mol. The van der Waals surface area contributed by atoms with E-state index in [0.29, 0.717) is 6.04 Å². The predicted molar refractivity (Wildman–Crippen MR) is 67.4 cm³/mol. The molecule has 0 fully saturated rings. The lowest BCUT2D eigenvalue weighted by Crippen LogP contribution is -2.23. The second kappa shape index (κ2) is 3.85. The summed E-state index contributed by atoms with van der Waals surface area (Å²) in [4.78, 5) is 2.32. The number of ether oxygens (including phenoxy) is 1. The molecule has 86 valence electrons. The monoisotopic (exact) mass is 217 g/mol. The van der Waals surface area contributed by atoms with Crippen LogP contribution in [-0.4, -0.2) is 18.1 Å². The van der Waals surface area contributed by atoms with E-state index in [0.717, 1.165) is 18.0 Å². The molecule has 2 nitrogen and oxygen atoms in total. The molecule has 0 amide bonds. The molecular formula is C14H19NO. The molecule has 2 heteroatoms. The molecule has 0 N–H and O–H groups in total. The summed E-state index contributed by atoms with van der Waals surface area (Å²) < 4.78 is 5.35. The van der Waals surface area contributed by atoms with Crippen molar-refractivity contribution in [3.63, 3.8) is 0 Å². The summed E-state index contributed by atoms with van der Waals surface area (Å²) in [6, 6.07) is 4.81. The maximum absolute atomic E-state index is 5.35. The summed E-state index contributed by atoms with van der Waals surface area (Å²) in [5.74, 6) is 0.970. The Kier molecular flexibility index (Phi) is 2.66. The lowest BCUT2D eigenvalue weighted by atomic mass is 10.0. The van der Waals surface area contributed by atoms with Gasteiger partial charge in [0.2, 0.25) is 0 Å². The van der Waals surface area contributed by atoms with Crippen molar-refractivity contribution in [1.29, 1.82) is 0 Å². The number of hydrogen-bond donors (Lipinski definition) is 0. The van der Waals surface area contributed by atoms with Crippen LogP contribution in [0.2, 0.25) is 0 Å². The van der Waals surface area contributed by atoms with E-state index >= 15 is 0 Å². The highest BCUT2D eigenvalue weighted by atomic mass is 16.5. The smallest absolute Gasteiger partial charge is 0.122 e. The summed E-state index contributed by atoms with van der Waals surface area (Å²) >= 11 is 0. The zero-order valence-electron chi connectivity index (χ0n) is 10.5. The largest absolute Gasteiger partial charge is 0.496 e. The van der Waals surface area contributed by atoms with Crippen molar-refractivity contribution in [2.24, 2.45) is 0 Å². The van der Waals surface area contributed by atoms with Crippen molar-refractivity contribution >= 4 is 5.70 Å². The Labute approximate surface area is 97.5 Å². The Bertz CT molecular complexity index is 435. The van der Waals surface area contributed by atoms with Gasteiger partial charge in [-0.1, -0.05) is 6.58 Å². The zero-order chi connectivity index (χ0) is 11.9. The molecule has 1 aromatic rings. The highest BCUT2D eigenvalue weighted by molar-refractivity contribution is 5.71. The second-order valence-corrected chi connectivity index (χ2v) is 4.65. The molecule has 0 saturated heterocycles. The van der Waals surface area contributed by atoms with Crippen LogP contribution in [0.5, 0.6) is 5.75 Å². The molecule has 0 saturated carbocycles. The Morgan fingerprint density at radius 3 is 2.62 bits per heavy atom. The van der Waals surface area contributed by atoms with Gasteiger partial charge in [0.05, 0.1) is 7.11 Å². The van der Waals surface area contributed by atoms with Gasteiger partial charge in [-0.15, -0.1) is 0 Å². The minimum absolute atomic E-state index is 0.492. The Morgan fingerprint density at radius 2 is 2.06 bits per heavy atom. The van der Waals surface area contributed by atoms with Gasteiger partial charge in [-0.3, -0.25) is 0 Å². The van der Waals surface area contributed by atoms with Crippen LogP contribution in [-0.2, 0) is 6.54 Å². The number of aryl methyl sites for hydroxylation is 1. The fraction of sp³-hybridized carbons (Fsp3) is 0.429. The molecule has 0 radical (unpaired) electrons. The Hall–Kier alpha value is -1.44. The van der Waals surface area contributed by atoms with Crippen LogP contribution in [0.3, 0.4) is 0 Å². The van der Waals surface area contributed by atoms with E-state index in [1.54, 1.807) is 7.11 Å². The summed E-state index contributed by atoms with van der Waals surface area (Å²) in [6.07, 6.45) is 0. The van der Waals surface area contributed by atoms with E-state index in [9.17, 15) is 0 Å². The predicted octanol–water partition coefficient (Wildman–Crippen LogP) is 3.20. The molecule has 1 aromatic carbocycles. The van der Waals surface area contributed by atoms with E-state index in [1.807, 2.05) is 0 Å². The molecule has 0 unspecified atom stereocenters. The van der Waals surface area contributed by atoms with Gasteiger partial charge in [0.15, 0.2) is 0 Å². The first-order valence-corrected chi connectivity index (χ1v) is 5.68. The number of benzene rings is 1. The van der Waals surface area contributed by atoms with Crippen LogP contribution in [0.1, 0.15) is 30.5 Å². The van der Waals surface area contributed by atoms with E-state index in [2.05, 4.69) is 44.4 Å². The molecule has 0 aromatic heterocycles. The zero-order valence-corrected chi connectivity index (χ0v) is 10.5. The highest BCUT2D eigenvalue weighted by Gasteiger charge is 2.25. The minimum Gasteiger partial charge on any atom is -0.496 e. The maximum Gasteiger partial charge on any atom is 0.122 e. The van der Waals surface area contributed by atoms with Crippen molar-refractivity contribution < 1.29 is 4.74 Å².